The van der Waals surface area contributed by atoms with Gasteiger partial charge in [-0.25, -0.2) is 28.5 Å². The molecule has 9 nitrogen and oxygen atoms in total. The van der Waals surface area contributed by atoms with E-state index in [4.69, 9.17) is 14.7 Å². The zero-order valence-electron chi connectivity index (χ0n) is 22.1. The lowest BCUT2D eigenvalue weighted by Gasteiger charge is -2.27. The third-order valence-corrected chi connectivity index (χ3v) is 7.06. The number of rotatable bonds is 9. The van der Waals surface area contributed by atoms with E-state index in [2.05, 4.69) is 15.0 Å². The number of carboxylic acids is 1. The Morgan fingerprint density at radius 1 is 1.12 bits per heavy atom. The van der Waals surface area contributed by atoms with E-state index in [9.17, 15) is 9.90 Å². The average Bonchev–Trinajstić information content (AvgIpc) is 3.31. The lowest BCUT2D eigenvalue weighted by Crippen LogP contribution is -2.31. The minimum absolute atomic E-state index is 0.0119. The molecule has 0 saturated carbocycles. The molecular formula is C31H23F2N5O4. The molecule has 210 valence electrons. The first-order valence-corrected chi connectivity index (χ1v) is 13.1. The molecule has 1 N–H and O–H groups in total. The Balaban J connectivity index is 1.26. The van der Waals surface area contributed by atoms with Gasteiger partial charge in [-0.15, -0.1) is 0 Å². The standard InChI is InChI=1S/C31H23F2N5O4/c32-24-13-23(26-2-1-3-30(37-26)42-17-18-4-6-21(14-34)35-15-18)25(33)10-20(24)12-29-36-27-7-5-19(31(39)40)11-28(27)38(29)16-22-8-9-41-22/h1-7,10-11,13,15,22H,8-9,12,16-17H2,(H,39,40)/t22-/m0/s1. The van der Waals surface area contributed by atoms with Crippen molar-refractivity contribution in [1.82, 2.24) is 19.5 Å². The molecule has 11 heteroatoms. The molecule has 4 heterocycles. The van der Waals surface area contributed by atoms with Gasteiger partial charge in [0, 0.05) is 36.4 Å². The molecular weight excluding hydrogens is 544 g/mol. The number of hydrogen-bond donors (Lipinski definition) is 1. The second-order valence-electron chi connectivity index (χ2n) is 9.84. The van der Waals surface area contributed by atoms with E-state index < -0.39 is 17.6 Å². The number of aromatic carboxylic acids is 1. The molecule has 3 aromatic heterocycles. The van der Waals surface area contributed by atoms with Gasteiger partial charge in [-0.3, -0.25) is 0 Å². The Labute approximate surface area is 238 Å². The first-order chi connectivity index (χ1) is 20.4. The molecule has 0 spiro atoms. The minimum Gasteiger partial charge on any atom is -0.478 e. The summed E-state index contributed by atoms with van der Waals surface area (Å²) in [5.74, 6) is -1.67. The maximum absolute atomic E-state index is 15.4. The van der Waals surface area contributed by atoms with Crippen molar-refractivity contribution in [3.63, 3.8) is 0 Å². The summed E-state index contributed by atoms with van der Waals surface area (Å²) in [7, 11) is 0. The van der Waals surface area contributed by atoms with Gasteiger partial charge in [0.25, 0.3) is 0 Å². The second-order valence-corrected chi connectivity index (χ2v) is 9.84. The Bertz CT molecular complexity index is 1850. The van der Waals surface area contributed by atoms with Crippen LogP contribution in [-0.2, 0) is 24.3 Å². The fourth-order valence-corrected chi connectivity index (χ4v) is 4.75. The highest BCUT2D eigenvalue weighted by Crippen LogP contribution is 2.29. The Morgan fingerprint density at radius 2 is 1.98 bits per heavy atom. The van der Waals surface area contributed by atoms with Crippen LogP contribution in [0.4, 0.5) is 8.78 Å². The van der Waals surface area contributed by atoms with E-state index in [-0.39, 0.29) is 53.1 Å². The van der Waals surface area contributed by atoms with Crippen LogP contribution >= 0.6 is 0 Å². The van der Waals surface area contributed by atoms with Crippen molar-refractivity contribution in [2.45, 2.75) is 32.1 Å². The quantitative estimate of drug-likeness (QED) is 0.255. The number of halogens is 2. The van der Waals surface area contributed by atoms with E-state index in [1.807, 2.05) is 10.6 Å². The Hall–Kier alpha value is -5.21. The molecule has 1 aliphatic heterocycles. The maximum Gasteiger partial charge on any atom is 0.335 e. The minimum atomic E-state index is -1.07. The summed E-state index contributed by atoms with van der Waals surface area (Å²) < 4.78 is 43.9. The van der Waals surface area contributed by atoms with Crippen LogP contribution in [-0.4, -0.2) is 43.3 Å². The fourth-order valence-electron chi connectivity index (χ4n) is 4.75. The van der Waals surface area contributed by atoms with Gasteiger partial charge in [-0.05, 0) is 54.4 Å². The summed E-state index contributed by atoms with van der Waals surface area (Å²) in [6, 6.07) is 16.9. The maximum atomic E-state index is 15.4. The number of fused-ring (bicyclic) bond motifs is 1. The summed E-state index contributed by atoms with van der Waals surface area (Å²) >= 11 is 0. The van der Waals surface area contributed by atoms with Crippen LogP contribution in [0, 0.1) is 23.0 Å². The van der Waals surface area contributed by atoms with E-state index in [0.717, 1.165) is 24.1 Å². The van der Waals surface area contributed by atoms with E-state index in [0.29, 0.717) is 30.0 Å². The highest BCUT2D eigenvalue weighted by Gasteiger charge is 2.23. The number of pyridine rings is 2. The molecule has 1 atom stereocenters. The van der Waals surface area contributed by atoms with Gasteiger partial charge in [-0.2, -0.15) is 5.26 Å². The number of imidazole rings is 1. The van der Waals surface area contributed by atoms with Crippen LogP contribution in [0.3, 0.4) is 0 Å². The monoisotopic (exact) mass is 567 g/mol. The molecule has 0 unspecified atom stereocenters. The van der Waals surface area contributed by atoms with Crippen molar-refractivity contribution in [1.29, 1.82) is 5.26 Å². The van der Waals surface area contributed by atoms with E-state index in [1.165, 1.54) is 18.3 Å². The van der Waals surface area contributed by atoms with Crippen molar-refractivity contribution >= 4 is 17.0 Å². The third kappa shape index (κ3) is 5.53. The fraction of sp³-hybridized carbons (Fsp3) is 0.194. The normalized spacial score (nSPS) is 14.4. The van der Waals surface area contributed by atoms with Crippen molar-refractivity contribution in [3.05, 3.63) is 107 Å². The molecule has 0 aliphatic carbocycles. The largest absolute Gasteiger partial charge is 0.478 e. The highest BCUT2D eigenvalue weighted by molar-refractivity contribution is 5.92. The van der Waals surface area contributed by atoms with Gasteiger partial charge in [0.15, 0.2) is 0 Å². The lowest BCUT2D eigenvalue weighted by atomic mass is 10.0. The lowest BCUT2D eigenvalue weighted by molar-refractivity contribution is -0.0589. The molecule has 42 heavy (non-hydrogen) atoms. The topological polar surface area (TPSA) is 123 Å². The van der Waals surface area contributed by atoms with Crippen LogP contribution < -0.4 is 4.74 Å². The summed E-state index contributed by atoms with van der Waals surface area (Å²) in [4.78, 5) is 24.5. The Morgan fingerprint density at radius 3 is 2.69 bits per heavy atom. The molecule has 0 radical (unpaired) electrons. The smallest absolute Gasteiger partial charge is 0.335 e. The van der Waals surface area contributed by atoms with E-state index >= 15 is 8.78 Å². The number of aromatic nitrogens is 4. The highest BCUT2D eigenvalue weighted by atomic mass is 19.1. The van der Waals surface area contributed by atoms with Crippen molar-refractivity contribution < 1.29 is 28.2 Å². The first-order valence-electron chi connectivity index (χ1n) is 13.1. The van der Waals surface area contributed by atoms with Crippen LogP contribution in [0.5, 0.6) is 5.88 Å². The van der Waals surface area contributed by atoms with Gasteiger partial charge >= 0.3 is 5.97 Å². The molecule has 6 rings (SSSR count). The first kappa shape index (κ1) is 27.0. The summed E-state index contributed by atoms with van der Waals surface area (Å²) in [5, 5.41) is 18.3. The van der Waals surface area contributed by atoms with Gasteiger partial charge in [0.1, 0.15) is 35.8 Å². The number of nitrogens with zero attached hydrogens (tertiary/aromatic N) is 5. The number of benzene rings is 2. The third-order valence-electron chi connectivity index (χ3n) is 7.06. The summed E-state index contributed by atoms with van der Waals surface area (Å²) in [5.41, 5.74) is 2.54. The van der Waals surface area contributed by atoms with Crippen LogP contribution in [0.15, 0.2) is 66.9 Å². The van der Waals surface area contributed by atoms with Gasteiger partial charge in [0.2, 0.25) is 5.88 Å². The van der Waals surface area contributed by atoms with Crippen LogP contribution in [0.25, 0.3) is 22.3 Å². The average molecular weight is 568 g/mol. The predicted octanol–water partition coefficient (Wildman–Crippen LogP) is 5.30. The van der Waals surface area contributed by atoms with Crippen LogP contribution in [0.2, 0.25) is 0 Å². The van der Waals surface area contributed by atoms with Gasteiger partial charge in [0.05, 0.1) is 34.9 Å². The molecule has 1 saturated heterocycles. The predicted molar refractivity (Wildman–Crippen MR) is 147 cm³/mol. The number of carbonyl (C=O) groups is 1. The zero-order chi connectivity index (χ0) is 29.2. The second kappa shape index (κ2) is 11.3. The molecule has 5 aromatic rings. The molecule has 1 aliphatic rings. The van der Waals surface area contributed by atoms with E-state index in [1.54, 1.807) is 36.4 Å². The van der Waals surface area contributed by atoms with Crippen molar-refractivity contribution in [2.75, 3.05) is 6.61 Å². The molecule has 0 bridgehead atoms. The number of carboxylic acid groups (broad SMARTS) is 1. The summed E-state index contributed by atoms with van der Waals surface area (Å²) in [6.45, 7) is 1.19. The number of ether oxygens (including phenoxy) is 2. The van der Waals surface area contributed by atoms with Gasteiger partial charge < -0.3 is 19.1 Å². The van der Waals surface area contributed by atoms with Crippen LogP contribution in [0.1, 0.15) is 39.4 Å². The number of nitriles is 1. The van der Waals surface area contributed by atoms with Crippen molar-refractivity contribution in [2.24, 2.45) is 0 Å². The number of hydrogen-bond acceptors (Lipinski definition) is 7. The summed E-state index contributed by atoms with van der Waals surface area (Å²) in [6.07, 6.45) is 2.29. The molecule has 0 amide bonds. The Kier molecular flexibility index (Phi) is 7.29. The molecule has 1 fully saturated rings. The van der Waals surface area contributed by atoms with Crippen molar-refractivity contribution in [3.8, 4) is 23.2 Å². The molecule has 2 aromatic carbocycles. The van der Waals surface area contributed by atoms with Gasteiger partial charge in [-0.1, -0.05) is 12.1 Å². The zero-order valence-corrected chi connectivity index (χ0v) is 22.1. The SMILES string of the molecule is N#Cc1ccc(COc2cccc(-c3cc(F)c(Cc4nc5ccc(C(=O)O)cc5n4C[C@@H]4CCO4)cc3F)n2)cn1.